The Kier molecular flexibility index (Phi) is 5.67. The molecule has 1 N–H and O–H groups in total. The van der Waals surface area contributed by atoms with Crippen molar-refractivity contribution in [1.29, 1.82) is 0 Å². The van der Waals surface area contributed by atoms with E-state index in [1.807, 2.05) is 7.11 Å². The van der Waals surface area contributed by atoms with E-state index in [4.69, 9.17) is 4.74 Å². The second-order valence-electron chi connectivity index (χ2n) is 6.59. The van der Waals surface area contributed by atoms with Gasteiger partial charge in [-0.3, -0.25) is 4.90 Å². The molecule has 2 aliphatic rings. The molecule has 1 saturated carbocycles. The number of nitrogens with zero attached hydrogens (tertiary/aromatic N) is 1. The highest BCUT2D eigenvalue weighted by Gasteiger charge is 2.40. The minimum atomic E-state index is 0.422. The molecule has 2 rings (SSSR count). The van der Waals surface area contributed by atoms with E-state index in [0.717, 1.165) is 13.0 Å². The van der Waals surface area contributed by atoms with Crippen LogP contribution in [0.4, 0.5) is 0 Å². The molecular formula is C16H32N2O. The molecule has 1 spiro atoms. The Morgan fingerprint density at radius 2 is 2.05 bits per heavy atom. The standard InChI is InChI=1S/C16H32N2O/c1-4-15-12-17-16(9-6-5-7-10-16)13-18(15)14(2)8-11-19-3/h14-15,17H,4-13H2,1-3H3. The summed E-state index contributed by atoms with van der Waals surface area (Å²) >= 11 is 0. The van der Waals surface area contributed by atoms with E-state index in [9.17, 15) is 0 Å². The maximum absolute atomic E-state index is 5.27. The van der Waals surface area contributed by atoms with Gasteiger partial charge in [0, 0.05) is 44.4 Å². The number of piperazine rings is 1. The first-order valence-electron chi connectivity index (χ1n) is 8.20. The summed E-state index contributed by atoms with van der Waals surface area (Å²) in [6.45, 7) is 8.00. The second-order valence-corrected chi connectivity index (χ2v) is 6.59. The lowest BCUT2D eigenvalue weighted by atomic mass is 9.78. The van der Waals surface area contributed by atoms with Gasteiger partial charge in [0.2, 0.25) is 0 Å². The zero-order chi connectivity index (χ0) is 13.7. The van der Waals surface area contributed by atoms with Crippen LogP contribution < -0.4 is 5.32 Å². The lowest BCUT2D eigenvalue weighted by Gasteiger charge is -2.51. The largest absolute Gasteiger partial charge is 0.385 e. The topological polar surface area (TPSA) is 24.5 Å². The number of nitrogens with one attached hydrogen (secondary N) is 1. The summed E-state index contributed by atoms with van der Waals surface area (Å²) in [5.41, 5.74) is 0.422. The van der Waals surface area contributed by atoms with Gasteiger partial charge < -0.3 is 10.1 Å². The Labute approximate surface area is 119 Å². The van der Waals surface area contributed by atoms with E-state index in [1.165, 1.54) is 51.6 Å². The molecule has 0 bridgehead atoms. The van der Waals surface area contributed by atoms with Crippen molar-refractivity contribution in [2.24, 2.45) is 0 Å². The van der Waals surface area contributed by atoms with Crippen LogP contribution in [-0.2, 0) is 4.74 Å². The van der Waals surface area contributed by atoms with Gasteiger partial charge in [-0.25, -0.2) is 0 Å². The van der Waals surface area contributed by atoms with Crippen LogP contribution in [0.1, 0.15) is 58.8 Å². The molecular weight excluding hydrogens is 236 g/mol. The average Bonchev–Trinajstić information content (AvgIpc) is 2.45. The Bertz CT molecular complexity index is 263. The van der Waals surface area contributed by atoms with Crippen molar-refractivity contribution < 1.29 is 4.74 Å². The Balaban J connectivity index is 1.99. The van der Waals surface area contributed by atoms with Crippen molar-refractivity contribution in [2.75, 3.05) is 26.8 Å². The fourth-order valence-corrected chi connectivity index (χ4v) is 3.90. The van der Waals surface area contributed by atoms with Crippen LogP contribution in [0.2, 0.25) is 0 Å². The number of ether oxygens (including phenoxy) is 1. The summed E-state index contributed by atoms with van der Waals surface area (Å²) in [6.07, 6.45) is 9.39. The van der Waals surface area contributed by atoms with Crippen LogP contribution in [0.25, 0.3) is 0 Å². The first-order valence-corrected chi connectivity index (χ1v) is 8.20. The summed E-state index contributed by atoms with van der Waals surface area (Å²) in [5, 5.41) is 3.90. The predicted octanol–water partition coefficient (Wildman–Crippen LogP) is 2.80. The van der Waals surface area contributed by atoms with Gasteiger partial charge in [-0.05, 0) is 32.6 Å². The number of rotatable bonds is 5. The second kappa shape index (κ2) is 7.05. The summed E-state index contributed by atoms with van der Waals surface area (Å²) in [6, 6.07) is 1.35. The van der Waals surface area contributed by atoms with Crippen molar-refractivity contribution in [3.8, 4) is 0 Å². The molecule has 3 heteroatoms. The first-order chi connectivity index (χ1) is 9.21. The van der Waals surface area contributed by atoms with Gasteiger partial charge in [0.1, 0.15) is 0 Å². The number of hydrogen-bond donors (Lipinski definition) is 1. The molecule has 0 aromatic carbocycles. The van der Waals surface area contributed by atoms with E-state index in [0.29, 0.717) is 17.6 Å². The Morgan fingerprint density at radius 1 is 1.32 bits per heavy atom. The van der Waals surface area contributed by atoms with Gasteiger partial charge >= 0.3 is 0 Å². The maximum Gasteiger partial charge on any atom is 0.0477 e. The van der Waals surface area contributed by atoms with E-state index in [2.05, 4.69) is 24.1 Å². The SMILES string of the molecule is CCC1CNC2(CCCCC2)CN1C(C)CCOC. The van der Waals surface area contributed by atoms with Crippen LogP contribution in [0, 0.1) is 0 Å². The minimum absolute atomic E-state index is 0.422. The summed E-state index contributed by atoms with van der Waals surface area (Å²) < 4.78 is 5.27. The molecule has 2 atom stereocenters. The monoisotopic (exact) mass is 268 g/mol. The van der Waals surface area contributed by atoms with Crippen molar-refractivity contribution in [3.63, 3.8) is 0 Å². The van der Waals surface area contributed by atoms with E-state index < -0.39 is 0 Å². The van der Waals surface area contributed by atoms with E-state index >= 15 is 0 Å². The van der Waals surface area contributed by atoms with Crippen LogP contribution in [0.5, 0.6) is 0 Å². The molecule has 1 saturated heterocycles. The van der Waals surface area contributed by atoms with Crippen molar-refractivity contribution >= 4 is 0 Å². The quantitative estimate of drug-likeness (QED) is 0.830. The van der Waals surface area contributed by atoms with Gasteiger partial charge in [0.15, 0.2) is 0 Å². The maximum atomic E-state index is 5.27. The van der Waals surface area contributed by atoms with Gasteiger partial charge in [-0.15, -0.1) is 0 Å². The van der Waals surface area contributed by atoms with Crippen LogP contribution in [0.3, 0.4) is 0 Å². The van der Waals surface area contributed by atoms with Gasteiger partial charge in [0.05, 0.1) is 0 Å². The summed E-state index contributed by atoms with van der Waals surface area (Å²) in [7, 11) is 1.81. The summed E-state index contributed by atoms with van der Waals surface area (Å²) in [5.74, 6) is 0. The van der Waals surface area contributed by atoms with Crippen molar-refractivity contribution in [2.45, 2.75) is 76.4 Å². The predicted molar refractivity (Wildman–Crippen MR) is 80.6 cm³/mol. The van der Waals surface area contributed by atoms with Crippen LogP contribution in [0.15, 0.2) is 0 Å². The van der Waals surface area contributed by atoms with E-state index in [1.54, 1.807) is 0 Å². The molecule has 1 aliphatic heterocycles. The highest BCUT2D eigenvalue weighted by molar-refractivity contribution is 5.00. The van der Waals surface area contributed by atoms with Gasteiger partial charge in [-0.2, -0.15) is 0 Å². The molecule has 19 heavy (non-hydrogen) atoms. The zero-order valence-corrected chi connectivity index (χ0v) is 13.1. The smallest absolute Gasteiger partial charge is 0.0477 e. The number of hydrogen-bond acceptors (Lipinski definition) is 3. The molecule has 2 unspecified atom stereocenters. The molecule has 0 aromatic heterocycles. The highest BCUT2D eigenvalue weighted by Crippen LogP contribution is 2.33. The molecule has 1 heterocycles. The fraction of sp³-hybridized carbons (Fsp3) is 1.00. The minimum Gasteiger partial charge on any atom is -0.385 e. The van der Waals surface area contributed by atoms with E-state index in [-0.39, 0.29) is 0 Å². The van der Waals surface area contributed by atoms with Crippen molar-refractivity contribution in [1.82, 2.24) is 10.2 Å². The molecule has 3 nitrogen and oxygen atoms in total. The molecule has 1 aliphatic carbocycles. The average molecular weight is 268 g/mol. The molecule has 0 amide bonds. The number of methoxy groups -OCH3 is 1. The molecule has 112 valence electrons. The third kappa shape index (κ3) is 3.71. The zero-order valence-electron chi connectivity index (χ0n) is 13.1. The van der Waals surface area contributed by atoms with Crippen LogP contribution >= 0.6 is 0 Å². The lowest BCUT2D eigenvalue weighted by molar-refractivity contribution is 0.0178. The third-order valence-electron chi connectivity index (χ3n) is 5.25. The van der Waals surface area contributed by atoms with Crippen LogP contribution in [-0.4, -0.2) is 49.3 Å². The lowest BCUT2D eigenvalue weighted by Crippen LogP contribution is -2.66. The molecule has 0 aromatic rings. The summed E-state index contributed by atoms with van der Waals surface area (Å²) in [4.78, 5) is 2.76. The van der Waals surface area contributed by atoms with Crippen molar-refractivity contribution in [3.05, 3.63) is 0 Å². The van der Waals surface area contributed by atoms with Gasteiger partial charge in [0.25, 0.3) is 0 Å². The Morgan fingerprint density at radius 3 is 2.68 bits per heavy atom. The molecule has 0 radical (unpaired) electrons. The fourth-order valence-electron chi connectivity index (χ4n) is 3.90. The molecule has 2 fully saturated rings. The normalized spacial score (nSPS) is 29.5. The third-order valence-corrected chi connectivity index (χ3v) is 5.25. The Hall–Kier alpha value is -0.120. The highest BCUT2D eigenvalue weighted by atomic mass is 16.5. The van der Waals surface area contributed by atoms with Gasteiger partial charge in [-0.1, -0.05) is 26.2 Å². The first kappa shape index (κ1) is 15.3.